The molecule has 2 aromatic carbocycles. The lowest BCUT2D eigenvalue weighted by molar-refractivity contribution is 0.100. The number of benzene rings is 2. The van der Waals surface area contributed by atoms with Crippen molar-refractivity contribution in [2.45, 2.75) is 39.5 Å². The standard InChI is InChI=1S/C22H28N4O3/c1-4-28-19-10-17-9-14(2)29-20(17)11-18(19)13-26-22(24-3)25-12-15-5-7-16(8-6-15)21(23)27/h5-8,10-11,14H,4,9,12-13H2,1-3H3,(H2,23,27)(H2,24,25,26). The van der Waals surface area contributed by atoms with Crippen LogP contribution < -0.4 is 25.8 Å². The fourth-order valence-electron chi connectivity index (χ4n) is 3.28. The quantitative estimate of drug-likeness (QED) is 0.493. The zero-order chi connectivity index (χ0) is 20.8. The van der Waals surface area contributed by atoms with E-state index in [9.17, 15) is 4.79 Å². The van der Waals surface area contributed by atoms with Crippen molar-refractivity contribution in [3.05, 3.63) is 58.7 Å². The Morgan fingerprint density at radius 1 is 1.24 bits per heavy atom. The average molecular weight is 396 g/mol. The van der Waals surface area contributed by atoms with Gasteiger partial charge in [0, 0.05) is 43.2 Å². The molecular formula is C22H28N4O3. The van der Waals surface area contributed by atoms with Gasteiger partial charge in [-0.25, -0.2) is 0 Å². The Hall–Kier alpha value is -3.22. The summed E-state index contributed by atoms with van der Waals surface area (Å²) < 4.78 is 11.7. The molecule has 0 fully saturated rings. The van der Waals surface area contributed by atoms with Crippen molar-refractivity contribution in [2.75, 3.05) is 13.7 Å². The Morgan fingerprint density at radius 3 is 2.62 bits per heavy atom. The molecule has 3 rings (SSSR count). The third-order valence-electron chi connectivity index (χ3n) is 4.75. The molecule has 7 heteroatoms. The number of ether oxygens (including phenoxy) is 2. The molecule has 1 amide bonds. The first-order valence-electron chi connectivity index (χ1n) is 9.78. The summed E-state index contributed by atoms with van der Waals surface area (Å²) in [6, 6.07) is 11.3. The Kier molecular flexibility index (Phi) is 6.59. The summed E-state index contributed by atoms with van der Waals surface area (Å²) >= 11 is 0. The van der Waals surface area contributed by atoms with Crippen LogP contribution in [0.15, 0.2) is 41.4 Å². The van der Waals surface area contributed by atoms with Crippen molar-refractivity contribution in [1.82, 2.24) is 10.6 Å². The van der Waals surface area contributed by atoms with E-state index in [0.717, 1.165) is 29.0 Å². The number of carbonyl (C=O) groups excluding carboxylic acids is 1. The second kappa shape index (κ2) is 9.32. The van der Waals surface area contributed by atoms with Crippen molar-refractivity contribution in [2.24, 2.45) is 10.7 Å². The predicted molar refractivity (Wildman–Crippen MR) is 113 cm³/mol. The van der Waals surface area contributed by atoms with Gasteiger partial charge in [-0.15, -0.1) is 0 Å². The van der Waals surface area contributed by atoms with E-state index in [1.54, 1.807) is 19.2 Å². The molecule has 1 aliphatic rings. The molecule has 7 nitrogen and oxygen atoms in total. The van der Waals surface area contributed by atoms with Crippen LogP contribution in [0, 0.1) is 0 Å². The lowest BCUT2D eigenvalue weighted by atomic mass is 10.1. The summed E-state index contributed by atoms with van der Waals surface area (Å²) in [6.45, 7) is 5.78. The number of fused-ring (bicyclic) bond motifs is 1. The van der Waals surface area contributed by atoms with Gasteiger partial charge in [-0.1, -0.05) is 12.1 Å². The van der Waals surface area contributed by atoms with Crippen molar-refractivity contribution in [3.63, 3.8) is 0 Å². The third kappa shape index (κ3) is 5.19. The Morgan fingerprint density at radius 2 is 1.97 bits per heavy atom. The summed E-state index contributed by atoms with van der Waals surface area (Å²) in [6.07, 6.45) is 1.10. The SMILES string of the molecule is CCOc1cc2c(cc1CNC(=NC)NCc1ccc(C(N)=O)cc1)OC(C)C2. The first kappa shape index (κ1) is 20.5. The molecule has 2 aromatic rings. The van der Waals surface area contributed by atoms with Crippen molar-refractivity contribution < 1.29 is 14.3 Å². The summed E-state index contributed by atoms with van der Waals surface area (Å²) in [7, 11) is 1.72. The normalized spacial score (nSPS) is 15.4. The Labute approximate surface area is 171 Å². The van der Waals surface area contributed by atoms with Gasteiger partial charge in [0.15, 0.2) is 5.96 Å². The van der Waals surface area contributed by atoms with Crippen LogP contribution >= 0.6 is 0 Å². The van der Waals surface area contributed by atoms with Gasteiger partial charge in [0.25, 0.3) is 0 Å². The minimum atomic E-state index is -0.431. The highest BCUT2D eigenvalue weighted by Crippen LogP contribution is 2.35. The highest BCUT2D eigenvalue weighted by atomic mass is 16.5. The van der Waals surface area contributed by atoms with Gasteiger partial charge in [0.2, 0.25) is 5.91 Å². The number of guanidine groups is 1. The first-order chi connectivity index (χ1) is 14.0. The zero-order valence-electron chi connectivity index (χ0n) is 17.1. The Balaban J connectivity index is 1.62. The van der Waals surface area contributed by atoms with E-state index >= 15 is 0 Å². The molecule has 1 aliphatic heterocycles. The summed E-state index contributed by atoms with van der Waals surface area (Å²) in [5.74, 6) is 2.03. The highest BCUT2D eigenvalue weighted by molar-refractivity contribution is 5.92. The predicted octanol–water partition coefficient (Wildman–Crippen LogP) is 2.37. The number of nitrogens with one attached hydrogen (secondary N) is 2. The number of amides is 1. The molecule has 0 saturated carbocycles. The van der Waals surface area contributed by atoms with E-state index in [1.165, 1.54) is 5.56 Å². The van der Waals surface area contributed by atoms with Gasteiger partial charge in [0.1, 0.15) is 17.6 Å². The van der Waals surface area contributed by atoms with Crippen LogP contribution in [0.1, 0.15) is 40.9 Å². The van der Waals surface area contributed by atoms with Gasteiger partial charge in [-0.3, -0.25) is 9.79 Å². The van der Waals surface area contributed by atoms with E-state index in [2.05, 4.69) is 28.6 Å². The minimum Gasteiger partial charge on any atom is -0.494 e. The number of rotatable bonds is 7. The highest BCUT2D eigenvalue weighted by Gasteiger charge is 2.21. The second-order valence-electron chi connectivity index (χ2n) is 6.97. The smallest absolute Gasteiger partial charge is 0.248 e. The van der Waals surface area contributed by atoms with Crippen LogP contribution in [0.5, 0.6) is 11.5 Å². The second-order valence-corrected chi connectivity index (χ2v) is 6.97. The van der Waals surface area contributed by atoms with Crippen LogP contribution in [0.2, 0.25) is 0 Å². The molecule has 1 unspecified atom stereocenters. The van der Waals surface area contributed by atoms with E-state index in [1.807, 2.05) is 25.1 Å². The lowest BCUT2D eigenvalue weighted by Crippen LogP contribution is -2.36. The first-order valence-corrected chi connectivity index (χ1v) is 9.78. The molecule has 0 radical (unpaired) electrons. The minimum absolute atomic E-state index is 0.193. The summed E-state index contributed by atoms with van der Waals surface area (Å²) in [5.41, 5.74) is 9.00. The lowest BCUT2D eigenvalue weighted by Gasteiger charge is -2.16. The van der Waals surface area contributed by atoms with Gasteiger partial charge in [0.05, 0.1) is 6.61 Å². The number of hydrogen-bond donors (Lipinski definition) is 3. The molecule has 4 N–H and O–H groups in total. The van der Waals surface area contributed by atoms with E-state index < -0.39 is 5.91 Å². The summed E-state index contributed by atoms with van der Waals surface area (Å²) in [4.78, 5) is 15.4. The van der Waals surface area contributed by atoms with Crippen LogP contribution in [0.4, 0.5) is 0 Å². The molecule has 0 spiro atoms. The molecule has 154 valence electrons. The van der Waals surface area contributed by atoms with Crippen molar-refractivity contribution in [1.29, 1.82) is 0 Å². The van der Waals surface area contributed by atoms with Crippen LogP contribution in [-0.2, 0) is 19.5 Å². The van der Waals surface area contributed by atoms with Crippen molar-refractivity contribution in [3.8, 4) is 11.5 Å². The number of carbonyl (C=O) groups is 1. The largest absolute Gasteiger partial charge is 0.494 e. The maximum absolute atomic E-state index is 11.2. The Bertz CT molecular complexity index is 894. The van der Waals surface area contributed by atoms with E-state index in [-0.39, 0.29) is 6.10 Å². The zero-order valence-corrected chi connectivity index (χ0v) is 17.1. The number of hydrogen-bond acceptors (Lipinski definition) is 4. The number of nitrogens with zero attached hydrogens (tertiary/aromatic N) is 1. The van der Waals surface area contributed by atoms with Crippen molar-refractivity contribution >= 4 is 11.9 Å². The van der Waals surface area contributed by atoms with Gasteiger partial charge in [-0.05, 0) is 43.7 Å². The van der Waals surface area contributed by atoms with E-state index in [0.29, 0.717) is 31.2 Å². The van der Waals surface area contributed by atoms with Gasteiger partial charge < -0.3 is 25.8 Å². The topological polar surface area (TPSA) is 98.0 Å². The third-order valence-corrected chi connectivity index (χ3v) is 4.75. The molecule has 0 aliphatic carbocycles. The summed E-state index contributed by atoms with van der Waals surface area (Å²) in [5, 5.41) is 6.58. The number of aliphatic imine (C=N–C) groups is 1. The van der Waals surface area contributed by atoms with Crippen LogP contribution in [0.3, 0.4) is 0 Å². The molecule has 1 heterocycles. The monoisotopic (exact) mass is 396 g/mol. The molecule has 0 saturated heterocycles. The molecule has 0 aromatic heterocycles. The fraction of sp³-hybridized carbons (Fsp3) is 0.364. The molecule has 1 atom stereocenters. The van der Waals surface area contributed by atoms with Gasteiger partial charge >= 0.3 is 0 Å². The van der Waals surface area contributed by atoms with E-state index in [4.69, 9.17) is 15.2 Å². The molecule has 29 heavy (non-hydrogen) atoms. The van der Waals surface area contributed by atoms with Gasteiger partial charge in [-0.2, -0.15) is 0 Å². The average Bonchev–Trinajstić information content (AvgIpc) is 3.07. The molecule has 0 bridgehead atoms. The maximum Gasteiger partial charge on any atom is 0.248 e. The fourth-order valence-corrected chi connectivity index (χ4v) is 3.28. The number of nitrogens with two attached hydrogens (primary N) is 1. The van der Waals surface area contributed by atoms with Crippen LogP contribution in [-0.4, -0.2) is 31.6 Å². The number of primary amides is 1. The molecular weight excluding hydrogens is 368 g/mol. The van der Waals surface area contributed by atoms with Crippen LogP contribution in [0.25, 0.3) is 0 Å². The maximum atomic E-state index is 11.2.